The molecule has 0 aliphatic heterocycles. The number of methoxy groups -OCH3 is 1. The van der Waals surface area contributed by atoms with E-state index in [4.69, 9.17) is 15.4 Å². The summed E-state index contributed by atoms with van der Waals surface area (Å²) in [5, 5.41) is 0.422. The third-order valence-electron chi connectivity index (χ3n) is 5.71. The van der Waals surface area contributed by atoms with Gasteiger partial charge >= 0.3 is 19.9 Å². The number of rotatable bonds is 11. The van der Waals surface area contributed by atoms with Crippen LogP contribution in [0, 0.1) is 0 Å². The highest BCUT2D eigenvalue weighted by Crippen LogP contribution is 2.57. The predicted octanol–water partition coefficient (Wildman–Crippen LogP) is 5.51. The van der Waals surface area contributed by atoms with Gasteiger partial charge in [0.2, 0.25) is 5.95 Å². The Morgan fingerprint density at radius 1 is 1.13 bits per heavy atom. The largest absolute Gasteiger partial charge is 0.497 e. The molecule has 3 aromatic rings. The van der Waals surface area contributed by atoms with Crippen LogP contribution in [0.3, 0.4) is 0 Å². The number of hydrogen-bond donors (Lipinski definition) is 2. The zero-order valence-corrected chi connectivity index (χ0v) is 21.8. The first-order valence-electron chi connectivity index (χ1n) is 11.2. The number of nitrogens with zero attached hydrogens (tertiary/aromatic N) is 4. The van der Waals surface area contributed by atoms with Crippen LogP contribution in [0.5, 0.6) is 5.75 Å². The van der Waals surface area contributed by atoms with Crippen LogP contribution in [0.15, 0.2) is 40.5 Å². The normalized spacial score (nSPS) is 16.9. The minimum Gasteiger partial charge on any atom is -0.497 e. The summed E-state index contributed by atoms with van der Waals surface area (Å²) in [5.41, 5.74) is 2.43. The molecular weight excluding hydrogens is 579 g/mol. The van der Waals surface area contributed by atoms with Crippen molar-refractivity contribution in [2.75, 3.05) is 12.8 Å². The highest BCUT2D eigenvalue weighted by atomic mass is 32.2. The van der Waals surface area contributed by atoms with E-state index in [0.717, 1.165) is 4.90 Å². The fourth-order valence-corrected chi connectivity index (χ4v) is 5.76. The van der Waals surface area contributed by atoms with Crippen molar-refractivity contribution < 1.29 is 50.1 Å². The predicted molar refractivity (Wildman–Crippen MR) is 126 cm³/mol. The van der Waals surface area contributed by atoms with E-state index in [1.54, 1.807) is 24.3 Å². The third kappa shape index (κ3) is 7.75. The van der Waals surface area contributed by atoms with Crippen LogP contribution in [0.1, 0.15) is 25.7 Å². The quantitative estimate of drug-likeness (QED) is 0.0953. The molecule has 1 aliphatic carbocycles. The number of benzene rings is 1. The van der Waals surface area contributed by atoms with E-state index in [-0.39, 0.29) is 31.0 Å². The SMILES string of the molecule is COc1ccc(Sc2nc(N)nc3c2ncn3CC2(OOP(=O)(O)C(CC(F)(F)F)CC(F)(F)F)CC2)cc1. The van der Waals surface area contributed by atoms with Crippen LogP contribution in [0.25, 0.3) is 11.2 Å². The van der Waals surface area contributed by atoms with Gasteiger partial charge in [0.1, 0.15) is 21.9 Å². The molecule has 0 radical (unpaired) electrons. The number of fused-ring (bicyclic) bond motifs is 1. The lowest BCUT2D eigenvalue weighted by molar-refractivity contribution is -0.268. The fourth-order valence-electron chi connectivity index (χ4n) is 3.62. The Balaban J connectivity index is 1.50. The molecule has 0 bridgehead atoms. The first-order valence-corrected chi connectivity index (χ1v) is 13.7. The molecule has 2 aromatic heterocycles. The highest BCUT2D eigenvalue weighted by Gasteiger charge is 2.52. The van der Waals surface area contributed by atoms with Gasteiger partial charge in [0.05, 0.1) is 38.5 Å². The smallest absolute Gasteiger partial charge is 0.390 e. The van der Waals surface area contributed by atoms with Crippen LogP contribution in [0.4, 0.5) is 32.3 Å². The van der Waals surface area contributed by atoms with Gasteiger partial charge in [-0.15, -0.1) is 4.67 Å². The van der Waals surface area contributed by atoms with E-state index in [1.807, 2.05) is 0 Å². The average molecular weight is 601 g/mol. The molecule has 0 spiro atoms. The Hall–Kier alpha value is -2.59. The maximum Gasteiger partial charge on any atom is 0.390 e. The van der Waals surface area contributed by atoms with Crippen LogP contribution in [0.2, 0.25) is 0 Å². The Morgan fingerprint density at radius 3 is 2.28 bits per heavy atom. The van der Waals surface area contributed by atoms with E-state index < -0.39 is 44.1 Å². The standard InChI is InChI=1S/C21H22F6N5O5PS/c1-35-12-2-4-14(5-3-12)39-17-15-16(30-18(28)31-17)32(11-29-15)10-19(6-7-19)36-37-38(33,34)13(8-20(22,23)24)9-21(25,26)27/h2-5,11,13H,6-10H2,1H3,(H,33,34)(H2,28,30,31). The Labute approximate surface area is 221 Å². The van der Waals surface area contributed by atoms with Gasteiger partial charge in [-0.25, -0.2) is 14.9 Å². The van der Waals surface area contributed by atoms with Crippen LogP contribution >= 0.6 is 19.4 Å². The molecule has 10 nitrogen and oxygen atoms in total. The van der Waals surface area contributed by atoms with Gasteiger partial charge in [-0.2, -0.15) is 31.3 Å². The number of ether oxygens (including phenoxy) is 1. The average Bonchev–Trinajstić information content (AvgIpc) is 3.48. The Morgan fingerprint density at radius 2 is 1.74 bits per heavy atom. The van der Waals surface area contributed by atoms with Gasteiger partial charge in [0, 0.05) is 4.90 Å². The molecule has 39 heavy (non-hydrogen) atoms. The molecule has 1 aliphatic rings. The second-order valence-corrected chi connectivity index (χ2v) is 12.0. The van der Waals surface area contributed by atoms with E-state index in [2.05, 4.69) is 19.6 Å². The molecule has 4 rings (SSSR count). The lowest BCUT2D eigenvalue weighted by Gasteiger charge is -2.25. The van der Waals surface area contributed by atoms with Crippen molar-refractivity contribution in [1.82, 2.24) is 19.5 Å². The van der Waals surface area contributed by atoms with Crippen molar-refractivity contribution >= 4 is 36.5 Å². The zero-order valence-electron chi connectivity index (χ0n) is 20.1. The first-order chi connectivity index (χ1) is 18.1. The van der Waals surface area contributed by atoms with E-state index in [9.17, 15) is 35.8 Å². The lowest BCUT2D eigenvalue weighted by Crippen LogP contribution is -2.28. The molecule has 2 heterocycles. The summed E-state index contributed by atoms with van der Waals surface area (Å²) in [4.78, 5) is 28.5. The third-order valence-corrected chi connectivity index (χ3v) is 8.27. The summed E-state index contributed by atoms with van der Waals surface area (Å²) in [5.74, 6) is 0.577. The number of imidazole rings is 1. The topological polar surface area (TPSA) is 135 Å². The molecular formula is C21H22F6N5O5PS. The van der Waals surface area contributed by atoms with Crippen molar-refractivity contribution in [1.29, 1.82) is 0 Å². The number of halogens is 6. The van der Waals surface area contributed by atoms with E-state index in [1.165, 1.54) is 29.8 Å². The summed E-state index contributed by atoms with van der Waals surface area (Å²) in [6.07, 6.45) is -12.8. The van der Waals surface area contributed by atoms with Crippen molar-refractivity contribution in [3.63, 3.8) is 0 Å². The van der Waals surface area contributed by atoms with Gasteiger partial charge in [-0.05, 0) is 37.1 Å². The molecule has 1 fully saturated rings. The monoisotopic (exact) mass is 601 g/mol. The summed E-state index contributed by atoms with van der Waals surface area (Å²) >= 11 is 1.25. The van der Waals surface area contributed by atoms with Gasteiger partial charge in [-0.3, -0.25) is 4.57 Å². The maximum absolute atomic E-state index is 12.8. The van der Waals surface area contributed by atoms with Gasteiger partial charge in [0.15, 0.2) is 5.65 Å². The zero-order chi connectivity index (χ0) is 28.6. The molecule has 1 unspecified atom stereocenters. The number of alkyl halides is 6. The van der Waals surface area contributed by atoms with Crippen molar-refractivity contribution in [3.8, 4) is 5.75 Å². The molecule has 1 atom stereocenters. The molecule has 0 saturated heterocycles. The first kappa shape index (κ1) is 29.4. The fraction of sp³-hybridized carbons (Fsp3) is 0.476. The van der Waals surface area contributed by atoms with Crippen LogP contribution in [-0.4, -0.2) is 55.1 Å². The summed E-state index contributed by atoms with van der Waals surface area (Å²) < 4.78 is 100. The molecule has 1 saturated carbocycles. The van der Waals surface area contributed by atoms with Crippen LogP contribution < -0.4 is 10.5 Å². The van der Waals surface area contributed by atoms with Gasteiger partial charge in [0.25, 0.3) is 0 Å². The van der Waals surface area contributed by atoms with Crippen LogP contribution in [-0.2, 0) is 20.7 Å². The Kier molecular flexibility index (Phi) is 8.11. The molecule has 1 aromatic carbocycles. The molecule has 3 N–H and O–H groups in total. The molecule has 0 amide bonds. The number of nitrogen functional groups attached to an aromatic ring is 1. The number of anilines is 1. The summed E-state index contributed by atoms with van der Waals surface area (Å²) in [6, 6.07) is 7.11. The Bertz CT molecular complexity index is 1350. The number of nitrogens with two attached hydrogens (primary N) is 1. The summed E-state index contributed by atoms with van der Waals surface area (Å²) in [7, 11) is -3.96. The number of aromatic nitrogens is 4. The van der Waals surface area contributed by atoms with Crippen molar-refractivity contribution in [2.45, 2.75) is 65.8 Å². The maximum atomic E-state index is 12.8. The minimum atomic E-state index is -5.50. The van der Waals surface area contributed by atoms with E-state index in [0.29, 0.717) is 16.3 Å². The second kappa shape index (κ2) is 10.8. The van der Waals surface area contributed by atoms with E-state index >= 15 is 0 Å². The van der Waals surface area contributed by atoms with Gasteiger partial charge in [-0.1, -0.05) is 11.8 Å². The number of hydrogen-bond acceptors (Lipinski definition) is 9. The molecule has 214 valence electrons. The van der Waals surface area contributed by atoms with Crippen molar-refractivity contribution in [2.24, 2.45) is 0 Å². The molecule has 18 heteroatoms. The summed E-state index contributed by atoms with van der Waals surface area (Å²) in [6.45, 7) is -0.0875. The van der Waals surface area contributed by atoms with Crippen molar-refractivity contribution in [3.05, 3.63) is 30.6 Å². The lowest BCUT2D eigenvalue weighted by atomic mass is 10.2. The second-order valence-electron chi connectivity index (χ2n) is 8.91. The minimum absolute atomic E-state index is 0.0794. The van der Waals surface area contributed by atoms with Gasteiger partial charge < -0.3 is 19.9 Å². The highest BCUT2D eigenvalue weighted by molar-refractivity contribution is 7.99.